The Balaban J connectivity index is 2.30. The van der Waals surface area contributed by atoms with Crippen LogP contribution in [-0.4, -0.2) is 33.3 Å². The van der Waals surface area contributed by atoms with E-state index in [0.717, 1.165) is 31.5 Å². The zero-order chi connectivity index (χ0) is 13.0. The first kappa shape index (κ1) is 12.9. The molecule has 1 unspecified atom stereocenters. The molecule has 4 nitrogen and oxygen atoms in total. The number of methoxy groups -OCH3 is 2. The van der Waals surface area contributed by atoms with Gasteiger partial charge in [0.15, 0.2) is 0 Å². The van der Waals surface area contributed by atoms with Crippen LogP contribution in [0.5, 0.6) is 5.75 Å². The first-order valence-electron chi connectivity index (χ1n) is 6.22. The Hall–Kier alpha value is -1.55. The van der Waals surface area contributed by atoms with Gasteiger partial charge in [-0.1, -0.05) is 0 Å². The van der Waals surface area contributed by atoms with Gasteiger partial charge in [-0.15, -0.1) is 0 Å². The maximum atomic E-state index is 11.6. The first-order valence-corrected chi connectivity index (χ1v) is 6.22. The van der Waals surface area contributed by atoms with Gasteiger partial charge in [0.25, 0.3) is 0 Å². The molecule has 0 aliphatic carbocycles. The van der Waals surface area contributed by atoms with Crippen LogP contribution in [0.25, 0.3) is 0 Å². The lowest BCUT2D eigenvalue weighted by atomic mass is 9.90. The molecular weight excluding hydrogens is 230 g/mol. The predicted octanol–water partition coefficient (Wildman–Crippen LogP) is 1.95. The lowest BCUT2D eigenvalue weighted by molar-refractivity contribution is 0.0600. The van der Waals surface area contributed by atoms with Crippen LogP contribution in [0.1, 0.15) is 34.7 Å². The number of benzene rings is 1. The van der Waals surface area contributed by atoms with Gasteiger partial charge in [0.1, 0.15) is 5.75 Å². The number of hydrogen-bond acceptors (Lipinski definition) is 4. The number of carbonyl (C=O) groups is 1. The van der Waals surface area contributed by atoms with Crippen molar-refractivity contribution in [2.24, 2.45) is 0 Å². The second-order valence-electron chi connectivity index (χ2n) is 4.53. The Bertz CT molecular complexity index is 425. The molecule has 1 aliphatic rings. The topological polar surface area (TPSA) is 47.6 Å². The molecule has 18 heavy (non-hydrogen) atoms. The minimum absolute atomic E-state index is 0.320. The normalized spacial score (nSPS) is 19.3. The second-order valence-corrected chi connectivity index (χ2v) is 4.53. The Kier molecular flexibility index (Phi) is 4.20. The molecule has 0 amide bonds. The highest BCUT2D eigenvalue weighted by Gasteiger charge is 2.18. The van der Waals surface area contributed by atoms with Crippen molar-refractivity contribution in [1.29, 1.82) is 0 Å². The highest BCUT2D eigenvalue weighted by atomic mass is 16.5. The van der Waals surface area contributed by atoms with E-state index in [0.29, 0.717) is 17.2 Å². The summed E-state index contributed by atoms with van der Waals surface area (Å²) in [5.74, 6) is 0.828. The fraction of sp³-hybridized carbons (Fsp3) is 0.500. The molecule has 2 rings (SSSR count). The summed E-state index contributed by atoms with van der Waals surface area (Å²) in [6.07, 6.45) is 2.30. The molecule has 0 bridgehead atoms. The van der Waals surface area contributed by atoms with Crippen molar-refractivity contribution >= 4 is 5.97 Å². The van der Waals surface area contributed by atoms with Crippen LogP contribution in [0.4, 0.5) is 0 Å². The number of esters is 1. The molecule has 0 spiro atoms. The SMILES string of the molecule is COC(=O)c1cc(OC)cc(C2CCCNC2)c1. The summed E-state index contributed by atoms with van der Waals surface area (Å²) >= 11 is 0. The Morgan fingerprint density at radius 1 is 1.33 bits per heavy atom. The van der Waals surface area contributed by atoms with Crippen LogP contribution < -0.4 is 10.1 Å². The van der Waals surface area contributed by atoms with Crippen molar-refractivity contribution in [2.75, 3.05) is 27.3 Å². The first-order chi connectivity index (χ1) is 8.74. The average molecular weight is 249 g/mol. The van der Waals surface area contributed by atoms with Crippen LogP contribution >= 0.6 is 0 Å². The van der Waals surface area contributed by atoms with E-state index in [1.165, 1.54) is 7.11 Å². The van der Waals surface area contributed by atoms with Gasteiger partial charge in [0, 0.05) is 6.54 Å². The molecule has 1 N–H and O–H groups in total. The zero-order valence-corrected chi connectivity index (χ0v) is 10.9. The number of hydrogen-bond donors (Lipinski definition) is 1. The maximum Gasteiger partial charge on any atom is 0.337 e. The van der Waals surface area contributed by atoms with Crippen LogP contribution in [0.3, 0.4) is 0 Å². The van der Waals surface area contributed by atoms with Gasteiger partial charge < -0.3 is 14.8 Å². The maximum absolute atomic E-state index is 11.6. The van der Waals surface area contributed by atoms with Crippen molar-refractivity contribution in [3.05, 3.63) is 29.3 Å². The van der Waals surface area contributed by atoms with Crippen LogP contribution in [0.2, 0.25) is 0 Å². The highest BCUT2D eigenvalue weighted by Crippen LogP contribution is 2.28. The summed E-state index contributed by atoms with van der Waals surface area (Å²) in [6.45, 7) is 2.03. The third-order valence-electron chi connectivity index (χ3n) is 3.35. The largest absolute Gasteiger partial charge is 0.497 e. The quantitative estimate of drug-likeness (QED) is 0.832. The van der Waals surface area contributed by atoms with E-state index in [1.54, 1.807) is 13.2 Å². The number of piperidine rings is 1. The number of ether oxygens (including phenoxy) is 2. The third kappa shape index (κ3) is 2.82. The van der Waals surface area contributed by atoms with Gasteiger partial charge in [-0.05, 0) is 49.1 Å². The number of nitrogens with one attached hydrogen (secondary N) is 1. The smallest absolute Gasteiger partial charge is 0.337 e. The van der Waals surface area contributed by atoms with Crippen LogP contribution in [0.15, 0.2) is 18.2 Å². The monoisotopic (exact) mass is 249 g/mol. The van der Waals surface area contributed by atoms with Gasteiger partial charge in [-0.3, -0.25) is 0 Å². The molecule has 1 fully saturated rings. The molecule has 1 aliphatic heterocycles. The molecule has 98 valence electrons. The Morgan fingerprint density at radius 2 is 2.17 bits per heavy atom. The Labute approximate surface area is 107 Å². The van der Waals surface area contributed by atoms with Crippen LogP contribution in [0, 0.1) is 0 Å². The molecular formula is C14H19NO3. The second kappa shape index (κ2) is 5.87. The summed E-state index contributed by atoms with van der Waals surface area (Å²) in [4.78, 5) is 11.6. The van der Waals surface area contributed by atoms with Crippen molar-refractivity contribution in [3.8, 4) is 5.75 Å². The van der Waals surface area contributed by atoms with Crippen LogP contribution in [-0.2, 0) is 4.74 Å². The predicted molar refractivity (Wildman–Crippen MR) is 69.2 cm³/mol. The molecule has 1 heterocycles. The molecule has 1 saturated heterocycles. The summed E-state index contributed by atoms with van der Waals surface area (Å²) in [5, 5.41) is 3.38. The van der Waals surface area contributed by atoms with E-state index in [-0.39, 0.29) is 5.97 Å². The minimum Gasteiger partial charge on any atom is -0.497 e. The lowest BCUT2D eigenvalue weighted by Gasteiger charge is -2.23. The molecule has 1 aromatic carbocycles. The Morgan fingerprint density at radius 3 is 2.78 bits per heavy atom. The van der Waals surface area contributed by atoms with E-state index < -0.39 is 0 Å². The van der Waals surface area contributed by atoms with Gasteiger partial charge >= 0.3 is 5.97 Å². The fourth-order valence-electron chi connectivity index (χ4n) is 2.35. The molecule has 0 saturated carbocycles. The summed E-state index contributed by atoms with van der Waals surface area (Å²) < 4.78 is 10.0. The van der Waals surface area contributed by atoms with E-state index in [1.807, 2.05) is 12.1 Å². The van der Waals surface area contributed by atoms with Gasteiger partial charge in [-0.25, -0.2) is 4.79 Å². The van der Waals surface area contributed by atoms with Gasteiger partial charge in [0.05, 0.1) is 19.8 Å². The zero-order valence-electron chi connectivity index (χ0n) is 10.9. The van der Waals surface area contributed by atoms with Crippen molar-refractivity contribution < 1.29 is 14.3 Å². The summed E-state index contributed by atoms with van der Waals surface area (Å²) in [7, 11) is 3.00. The van der Waals surface area contributed by atoms with Crippen molar-refractivity contribution in [3.63, 3.8) is 0 Å². The summed E-state index contributed by atoms with van der Waals surface area (Å²) in [5.41, 5.74) is 1.69. The minimum atomic E-state index is -0.320. The van der Waals surface area contributed by atoms with Crippen molar-refractivity contribution in [1.82, 2.24) is 5.32 Å². The van der Waals surface area contributed by atoms with Crippen molar-refractivity contribution in [2.45, 2.75) is 18.8 Å². The van der Waals surface area contributed by atoms with E-state index in [2.05, 4.69) is 5.32 Å². The summed E-state index contributed by atoms with van der Waals surface area (Å²) in [6, 6.07) is 5.63. The van der Waals surface area contributed by atoms with Gasteiger partial charge in [-0.2, -0.15) is 0 Å². The standard InChI is InChI=1S/C14H19NO3/c1-17-13-7-11(10-4-3-5-15-9-10)6-12(8-13)14(16)18-2/h6-8,10,15H,3-5,9H2,1-2H3. The highest BCUT2D eigenvalue weighted by molar-refractivity contribution is 5.90. The van der Waals surface area contributed by atoms with E-state index in [4.69, 9.17) is 9.47 Å². The molecule has 4 heteroatoms. The fourth-order valence-corrected chi connectivity index (χ4v) is 2.35. The molecule has 0 aromatic heterocycles. The molecule has 0 radical (unpaired) electrons. The molecule has 1 aromatic rings. The number of carbonyl (C=O) groups excluding carboxylic acids is 1. The molecule has 1 atom stereocenters. The third-order valence-corrected chi connectivity index (χ3v) is 3.35. The van der Waals surface area contributed by atoms with E-state index >= 15 is 0 Å². The lowest BCUT2D eigenvalue weighted by Crippen LogP contribution is -2.28. The average Bonchev–Trinajstić information content (AvgIpc) is 2.46. The van der Waals surface area contributed by atoms with Gasteiger partial charge in [0.2, 0.25) is 0 Å². The number of rotatable bonds is 3. The van der Waals surface area contributed by atoms with E-state index in [9.17, 15) is 4.79 Å².